The van der Waals surface area contributed by atoms with Gasteiger partial charge < -0.3 is 0 Å². The Morgan fingerprint density at radius 3 is 2.50 bits per heavy atom. The van der Waals surface area contributed by atoms with Gasteiger partial charge in [0, 0.05) is 25.2 Å². The van der Waals surface area contributed by atoms with Crippen LogP contribution in [0.15, 0.2) is 0 Å². The maximum Gasteiger partial charge on any atom is 0.152 e. The highest BCUT2D eigenvalue weighted by atomic mass is 32.2. The second kappa shape index (κ2) is 5.28. The van der Waals surface area contributed by atoms with Crippen LogP contribution in [0.1, 0.15) is 38.5 Å². The topological polar surface area (TPSA) is 73.2 Å². The Kier molecular flexibility index (Phi) is 3.78. The van der Waals surface area contributed by atoms with Gasteiger partial charge in [-0.3, -0.25) is 10.2 Å². The zero-order valence-electron chi connectivity index (χ0n) is 11.8. The van der Waals surface area contributed by atoms with Crippen LogP contribution >= 0.6 is 0 Å². The third-order valence-electron chi connectivity index (χ3n) is 4.89. The van der Waals surface area contributed by atoms with Crippen LogP contribution in [0.5, 0.6) is 0 Å². The molecule has 2 atom stereocenters. The maximum atomic E-state index is 11.5. The number of nitriles is 1. The van der Waals surface area contributed by atoms with Crippen molar-refractivity contribution in [2.24, 2.45) is 0 Å². The average molecular weight is 297 g/mol. The van der Waals surface area contributed by atoms with Gasteiger partial charge >= 0.3 is 0 Å². The van der Waals surface area contributed by atoms with E-state index in [4.69, 9.17) is 0 Å². The van der Waals surface area contributed by atoms with Crippen molar-refractivity contribution < 1.29 is 8.42 Å². The summed E-state index contributed by atoms with van der Waals surface area (Å²) >= 11 is 0. The summed E-state index contributed by atoms with van der Waals surface area (Å²) in [7, 11) is -2.82. The van der Waals surface area contributed by atoms with Crippen LogP contribution in [-0.2, 0) is 9.84 Å². The van der Waals surface area contributed by atoms with Crippen LogP contribution in [0.4, 0.5) is 0 Å². The lowest BCUT2D eigenvalue weighted by atomic mass is 9.79. The Hall–Kier alpha value is -0.640. The number of hydrogen-bond acceptors (Lipinski definition) is 5. The molecule has 0 spiro atoms. The monoisotopic (exact) mass is 297 g/mol. The van der Waals surface area contributed by atoms with E-state index >= 15 is 0 Å². The number of nitrogens with one attached hydrogen (secondary N) is 1. The van der Waals surface area contributed by atoms with E-state index in [1.807, 2.05) is 0 Å². The normalized spacial score (nSPS) is 38.2. The second-order valence-electron chi connectivity index (χ2n) is 6.55. The molecular weight excluding hydrogens is 274 g/mol. The minimum absolute atomic E-state index is 0.277. The van der Waals surface area contributed by atoms with Gasteiger partial charge in [0.25, 0.3) is 0 Å². The van der Waals surface area contributed by atoms with Crippen LogP contribution in [0.25, 0.3) is 0 Å². The maximum absolute atomic E-state index is 11.5. The Labute approximate surface area is 121 Å². The largest absolute Gasteiger partial charge is 0.298 e. The molecule has 1 heterocycles. The van der Waals surface area contributed by atoms with E-state index in [1.54, 1.807) is 0 Å². The lowest BCUT2D eigenvalue weighted by Crippen LogP contribution is -2.55. The Morgan fingerprint density at radius 2 is 1.90 bits per heavy atom. The molecule has 3 fully saturated rings. The van der Waals surface area contributed by atoms with Gasteiger partial charge in [0.05, 0.1) is 17.6 Å². The lowest BCUT2D eigenvalue weighted by Gasteiger charge is -2.43. The smallest absolute Gasteiger partial charge is 0.152 e. The SMILES string of the molecule is N#CC1(NC2CC2)CCCC(N2CCS(=O)(=O)CC2)C1. The summed E-state index contributed by atoms with van der Waals surface area (Å²) in [5.41, 5.74) is -0.375. The third-order valence-corrected chi connectivity index (χ3v) is 6.50. The fourth-order valence-electron chi connectivity index (χ4n) is 3.53. The molecule has 3 rings (SSSR count). The Morgan fingerprint density at radius 1 is 1.20 bits per heavy atom. The van der Waals surface area contributed by atoms with Crippen LogP contribution in [0.2, 0.25) is 0 Å². The predicted molar refractivity (Wildman–Crippen MR) is 77.0 cm³/mol. The highest BCUT2D eigenvalue weighted by molar-refractivity contribution is 7.91. The van der Waals surface area contributed by atoms with E-state index in [0.29, 0.717) is 25.2 Å². The molecule has 0 amide bonds. The molecule has 2 unspecified atom stereocenters. The van der Waals surface area contributed by atoms with Crippen molar-refractivity contribution >= 4 is 9.84 Å². The van der Waals surface area contributed by atoms with Crippen LogP contribution in [0.3, 0.4) is 0 Å². The first-order valence-electron chi connectivity index (χ1n) is 7.65. The van der Waals surface area contributed by atoms with Crippen molar-refractivity contribution in [3.8, 4) is 6.07 Å². The van der Waals surface area contributed by atoms with E-state index in [-0.39, 0.29) is 17.0 Å². The van der Waals surface area contributed by atoms with Crippen molar-refractivity contribution in [3.05, 3.63) is 0 Å². The molecule has 0 bridgehead atoms. The lowest BCUT2D eigenvalue weighted by molar-refractivity contribution is 0.127. The first-order chi connectivity index (χ1) is 9.52. The zero-order valence-corrected chi connectivity index (χ0v) is 12.7. The average Bonchev–Trinajstić information content (AvgIpc) is 3.23. The van der Waals surface area contributed by atoms with Crippen LogP contribution < -0.4 is 5.32 Å². The highest BCUT2D eigenvalue weighted by Gasteiger charge is 2.42. The van der Waals surface area contributed by atoms with E-state index in [1.165, 1.54) is 12.8 Å². The quantitative estimate of drug-likeness (QED) is 0.829. The molecule has 112 valence electrons. The molecule has 0 aromatic heterocycles. The molecular formula is C14H23N3O2S. The van der Waals surface area contributed by atoms with Crippen molar-refractivity contribution in [3.63, 3.8) is 0 Å². The summed E-state index contributed by atoms with van der Waals surface area (Å²) in [5.74, 6) is 0.554. The minimum Gasteiger partial charge on any atom is -0.298 e. The van der Waals surface area contributed by atoms with Crippen molar-refractivity contribution in [1.29, 1.82) is 5.26 Å². The van der Waals surface area contributed by atoms with Crippen LogP contribution in [-0.4, -0.2) is 55.5 Å². The van der Waals surface area contributed by atoms with Gasteiger partial charge in [0.2, 0.25) is 0 Å². The van der Waals surface area contributed by atoms with Crippen molar-refractivity contribution in [1.82, 2.24) is 10.2 Å². The molecule has 0 aromatic rings. The molecule has 2 saturated carbocycles. The van der Waals surface area contributed by atoms with E-state index in [2.05, 4.69) is 16.3 Å². The Balaban J connectivity index is 1.64. The van der Waals surface area contributed by atoms with Gasteiger partial charge in [-0.1, -0.05) is 0 Å². The fraction of sp³-hybridized carbons (Fsp3) is 0.929. The molecule has 5 nitrogen and oxygen atoms in total. The number of rotatable bonds is 3. The van der Waals surface area contributed by atoms with Gasteiger partial charge in [-0.25, -0.2) is 8.42 Å². The molecule has 1 N–H and O–H groups in total. The van der Waals surface area contributed by atoms with E-state index < -0.39 is 9.84 Å². The highest BCUT2D eigenvalue weighted by Crippen LogP contribution is 2.34. The van der Waals surface area contributed by atoms with E-state index in [0.717, 1.165) is 25.7 Å². The standard InChI is InChI=1S/C14H23N3O2S/c15-11-14(16-12-3-4-12)5-1-2-13(10-14)17-6-8-20(18,19)9-7-17/h12-13,16H,1-10H2. The fourth-order valence-corrected chi connectivity index (χ4v) is 4.76. The first kappa shape index (κ1) is 14.3. The third kappa shape index (κ3) is 3.16. The summed E-state index contributed by atoms with van der Waals surface area (Å²) in [6, 6.07) is 3.42. The van der Waals surface area contributed by atoms with Crippen molar-refractivity contribution in [2.75, 3.05) is 24.6 Å². The Bertz CT molecular complexity index is 495. The molecule has 0 radical (unpaired) electrons. The summed E-state index contributed by atoms with van der Waals surface area (Å²) in [5, 5.41) is 13.1. The molecule has 1 saturated heterocycles. The van der Waals surface area contributed by atoms with Crippen molar-refractivity contribution in [2.45, 2.75) is 56.1 Å². The summed E-state index contributed by atoms with van der Waals surface area (Å²) in [6.07, 6.45) is 6.31. The van der Waals surface area contributed by atoms with Gasteiger partial charge in [-0.15, -0.1) is 0 Å². The summed E-state index contributed by atoms with van der Waals surface area (Å²) in [6.45, 7) is 1.27. The first-order valence-corrected chi connectivity index (χ1v) is 9.48. The summed E-state index contributed by atoms with van der Waals surface area (Å²) in [4.78, 5) is 2.29. The second-order valence-corrected chi connectivity index (χ2v) is 8.85. The molecule has 2 aliphatic carbocycles. The van der Waals surface area contributed by atoms with Gasteiger partial charge in [-0.05, 0) is 38.5 Å². The zero-order chi connectivity index (χ0) is 14.2. The van der Waals surface area contributed by atoms with Gasteiger partial charge in [-0.2, -0.15) is 5.26 Å². The molecule has 1 aliphatic heterocycles. The molecule has 3 aliphatic rings. The number of nitrogens with zero attached hydrogens (tertiary/aromatic N) is 2. The predicted octanol–water partition coefficient (Wildman–Crippen LogP) is 0.674. The molecule has 0 aromatic carbocycles. The number of sulfone groups is 1. The van der Waals surface area contributed by atoms with Crippen LogP contribution in [0, 0.1) is 11.3 Å². The summed E-state index contributed by atoms with van der Waals surface area (Å²) < 4.78 is 23.0. The van der Waals surface area contributed by atoms with E-state index in [9.17, 15) is 13.7 Å². The molecule has 20 heavy (non-hydrogen) atoms. The van der Waals surface area contributed by atoms with Gasteiger partial charge in [0.1, 0.15) is 5.54 Å². The molecule has 6 heteroatoms. The van der Waals surface area contributed by atoms with Gasteiger partial charge in [0.15, 0.2) is 9.84 Å². The number of hydrogen-bond donors (Lipinski definition) is 1. The minimum atomic E-state index is -2.82.